The van der Waals surface area contributed by atoms with Gasteiger partial charge in [-0.2, -0.15) is 0 Å². The molecule has 3 heterocycles. The maximum absolute atomic E-state index is 6.64. The van der Waals surface area contributed by atoms with E-state index in [4.69, 9.17) is 14.4 Å². The second-order valence-electron chi connectivity index (χ2n) is 9.08. The standard InChI is InChI=1S/C32H19N3O/c1-2-11-22(12-3-1)35-28-19-21-10-5-7-16-27(21)33-31(28)34-32(35)26-15-8-14-24-25-18-17-20-9-4-6-13-23(20)29(25)36-30(24)26/h1-19H. The van der Waals surface area contributed by atoms with Crippen molar-refractivity contribution in [2.45, 2.75) is 0 Å². The van der Waals surface area contributed by atoms with Crippen molar-refractivity contribution < 1.29 is 4.42 Å². The van der Waals surface area contributed by atoms with Gasteiger partial charge in [0.2, 0.25) is 0 Å². The molecule has 5 aromatic carbocycles. The van der Waals surface area contributed by atoms with Crippen LogP contribution >= 0.6 is 0 Å². The summed E-state index contributed by atoms with van der Waals surface area (Å²) < 4.78 is 8.83. The molecule has 8 aromatic rings. The van der Waals surface area contributed by atoms with Crippen LogP contribution in [0.25, 0.3) is 71.9 Å². The molecule has 0 amide bonds. The number of imidazole rings is 1. The summed E-state index contributed by atoms with van der Waals surface area (Å²) in [4.78, 5) is 10.00. The molecule has 36 heavy (non-hydrogen) atoms. The molecule has 4 heteroatoms. The van der Waals surface area contributed by atoms with E-state index in [0.717, 1.165) is 66.2 Å². The Balaban J connectivity index is 1.50. The Kier molecular flexibility index (Phi) is 3.91. The normalized spacial score (nSPS) is 11.9. The summed E-state index contributed by atoms with van der Waals surface area (Å²) in [7, 11) is 0. The van der Waals surface area contributed by atoms with Crippen LogP contribution in [0.4, 0.5) is 0 Å². The van der Waals surface area contributed by atoms with E-state index in [1.165, 1.54) is 0 Å². The lowest BCUT2D eigenvalue weighted by molar-refractivity contribution is 0.673. The SMILES string of the molecule is c1ccc(-n2c(-c3cccc4c3oc3c5ccccc5ccc43)nc3nc4ccccc4cc32)cc1. The third-order valence-corrected chi connectivity index (χ3v) is 6.99. The van der Waals surface area contributed by atoms with Crippen molar-refractivity contribution in [1.29, 1.82) is 0 Å². The summed E-state index contributed by atoms with van der Waals surface area (Å²) in [6, 6.07) is 39.6. The minimum absolute atomic E-state index is 0.714. The minimum Gasteiger partial charge on any atom is -0.455 e. The number of furan rings is 1. The molecular formula is C32H19N3O. The maximum Gasteiger partial charge on any atom is 0.179 e. The first-order chi connectivity index (χ1) is 17.8. The number of benzene rings is 5. The number of nitrogens with zero attached hydrogens (tertiary/aromatic N) is 3. The first-order valence-electron chi connectivity index (χ1n) is 12.0. The van der Waals surface area contributed by atoms with E-state index in [2.05, 4.69) is 83.4 Å². The van der Waals surface area contributed by atoms with Crippen molar-refractivity contribution in [3.63, 3.8) is 0 Å². The van der Waals surface area contributed by atoms with Crippen LogP contribution in [0.5, 0.6) is 0 Å². The van der Waals surface area contributed by atoms with Gasteiger partial charge >= 0.3 is 0 Å². The number of pyridine rings is 1. The van der Waals surface area contributed by atoms with Crippen LogP contribution in [0, 0.1) is 0 Å². The highest BCUT2D eigenvalue weighted by molar-refractivity contribution is 6.17. The molecule has 0 aliphatic rings. The molecule has 168 valence electrons. The van der Waals surface area contributed by atoms with Crippen LogP contribution in [0.3, 0.4) is 0 Å². The highest BCUT2D eigenvalue weighted by Crippen LogP contribution is 2.40. The van der Waals surface area contributed by atoms with Gasteiger partial charge in [-0.25, -0.2) is 9.97 Å². The van der Waals surface area contributed by atoms with E-state index in [1.54, 1.807) is 0 Å². The molecule has 0 saturated carbocycles. The van der Waals surface area contributed by atoms with E-state index in [1.807, 2.05) is 36.4 Å². The van der Waals surface area contributed by atoms with Crippen molar-refractivity contribution in [3.05, 3.63) is 115 Å². The third-order valence-electron chi connectivity index (χ3n) is 6.99. The summed E-state index contributed by atoms with van der Waals surface area (Å²) in [5.74, 6) is 0.813. The van der Waals surface area contributed by atoms with Crippen LogP contribution in [-0.2, 0) is 0 Å². The maximum atomic E-state index is 6.64. The molecule has 4 nitrogen and oxygen atoms in total. The zero-order valence-corrected chi connectivity index (χ0v) is 19.2. The number of hydrogen-bond donors (Lipinski definition) is 0. The van der Waals surface area contributed by atoms with Gasteiger partial charge in [0.1, 0.15) is 11.2 Å². The van der Waals surface area contributed by atoms with Crippen LogP contribution in [0.2, 0.25) is 0 Å². The molecule has 0 radical (unpaired) electrons. The largest absolute Gasteiger partial charge is 0.455 e. The van der Waals surface area contributed by atoms with Crippen LogP contribution < -0.4 is 0 Å². The predicted molar refractivity (Wildman–Crippen MR) is 147 cm³/mol. The van der Waals surface area contributed by atoms with Crippen LogP contribution in [-0.4, -0.2) is 14.5 Å². The van der Waals surface area contributed by atoms with Gasteiger partial charge in [-0.05, 0) is 41.8 Å². The van der Waals surface area contributed by atoms with Gasteiger partial charge in [-0.1, -0.05) is 78.9 Å². The Morgan fingerprint density at radius 1 is 0.556 bits per heavy atom. The Bertz CT molecular complexity index is 2100. The lowest BCUT2D eigenvalue weighted by Crippen LogP contribution is -1.97. The molecule has 0 aliphatic carbocycles. The lowest BCUT2D eigenvalue weighted by Gasteiger charge is -2.10. The Morgan fingerprint density at radius 3 is 2.22 bits per heavy atom. The van der Waals surface area contributed by atoms with Gasteiger partial charge in [0, 0.05) is 27.2 Å². The Hall–Kier alpha value is -4.96. The summed E-state index contributed by atoms with van der Waals surface area (Å²) in [6.07, 6.45) is 0. The molecule has 0 N–H and O–H groups in total. The number of para-hydroxylation sites is 3. The quantitative estimate of drug-likeness (QED) is 0.260. The van der Waals surface area contributed by atoms with Crippen LogP contribution in [0.15, 0.2) is 120 Å². The molecule has 0 fully saturated rings. The molecule has 0 atom stereocenters. The smallest absolute Gasteiger partial charge is 0.179 e. The van der Waals surface area contributed by atoms with Crippen molar-refractivity contribution in [1.82, 2.24) is 14.5 Å². The Labute approximate surface area is 206 Å². The van der Waals surface area contributed by atoms with Gasteiger partial charge < -0.3 is 4.42 Å². The Morgan fingerprint density at radius 2 is 1.31 bits per heavy atom. The molecule has 0 bridgehead atoms. The summed E-state index contributed by atoms with van der Waals surface area (Å²) >= 11 is 0. The minimum atomic E-state index is 0.714. The predicted octanol–water partition coefficient (Wildman–Crippen LogP) is 8.29. The zero-order chi connectivity index (χ0) is 23.6. The number of aromatic nitrogens is 3. The highest BCUT2D eigenvalue weighted by atomic mass is 16.3. The highest BCUT2D eigenvalue weighted by Gasteiger charge is 2.21. The van der Waals surface area contributed by atoms with Gasteiger partial charge in [0.05, 0.1) is 16.6 Å². The number of hydrogen-bond acceptors (Lipinski definition) is 3. The average molecular weight is 462 g/mol. The second-order valence-corrected chi connectivity index (χ2v) is 9.08. The molecule has 0 unspecified atom stereocenters. The van der Waals surface area contributed by atoms with E-state index in [0.29, 0.717) is 5.65 Å². The molecule has 0 spiro atoms. The second kappa shape index (κ2) is 7.27. The van der Waals surface area contributed by atoms with Gasteiger partial charge in [-0.3, -0.25) is 4.57 Å². The average Bonchev–Trinajstić information content (AvgIpc) is 3.50. The fourth-order valence-corrected chi connectivity index (χ4v) is 5.33. The van der Waals surface area contributed by atoms with Gasteiger partial charge in [0.15, 0.2) is 11.5 Å². The third kappa shape index (κ3) is 2.70. The molecule has 0 aliphatic heterocycles. The first kappa shape index (κ1) is 19.4. The number of rotatable bonds is 2. The summed E-state index contributed by atoms with van der Waals surface area (Å²) in [5, 5.41) is 5.55. The van der Waals surface area contributed by atoms with E-state index < -0.39 is 0 Å². The summed E-state index contributed by atoms with van der Waals surface area (Å²) in [6.45, 7) is 0. The molecular weight excluding hydrogens is 442 g/mol. The van der Waals surface area contributed by atoms with Gasteiger partial charge in [-0.15, -0.1) is 0 Å². The summed E-state index contributed by atoms with van der Waals surface area (Å²) in [5.41, 5.74) is 6.33. The molecule has 0 saturated heterocycles. The lowest BCUT2D eigenvalue weighted by atomic mass is 10.0. The van der Waals surface area contributed by atoms with Crippen molar-refractivity contribution in [2.75, 3.05) is 0 Å². The monoisotopic (exact) mass is 461 g/mol. The van der Waals surface area contributed by atoms with Crippen LogP contribution in [0.1, 0.15) is 0 Å². The van der Waals surface area contributed by atoms with E-state index in [9.17, 15) is 0 Å². The first-order valence-corrected chi connectivity index (χ1v) is 12.0. The van der Waals surface area contributed by atoms with Crippen molar-refractivity contribution >= 4 is 54.8 Å². The van der Waals surface area contributed by atoms with Crippen molar-refractivity contribution in [2.24, 2.45) is 0 Å². The van der Waals surface area contributed by atoms with E-state index in [-0.39, 0.29) is 0 Å². The fraction of sp³-hybridized carbons (Fsp3) is 0. The van der Waals surface area contributed by atoms with Gasteiger partial charge in [0.25, 0.3) is 0 Å². The van der Waals surface area contributed by atoms with Crippen molar-refractivity contribution in [3.8, 4) is 17.1 Å². The molecule has 3 aromatic heterocycles. The topological polar surface area (TPSA) is 43.9 Å². The fourth-order valence-electron chi connectivity index (χ4n) is 5.33. The molecule has 8 rings (SSSR count). The van der Waals surface area contributed by atoms with E-state index >= 15 is 0 Å². The zero-order valence-electron chi connectivity index (χ0n) is 19.2. The number of fused-ring (bicyclic) bond motifs is 7.